The van der Waals surface area contributed by atoms with Gasteiger partial charge >= 0.3 is 5.97 Å². The predicted octanol–water partition coefficient (Wildman–Crippen LogP) is 0.394. The van der Waals surface area contributed by atoms with E-state index in [-0.39, 0.29) is 30.4 Å². The fraction of sp³-hybridized carbons (Fsp3) is 0.818. The quantitative estimate of drug-likeness (QED) is 0.671. The van der Waals surface area contributed by atoms with Gasteiger partial charge in [-0.1, -0.05) is 0 Å². The van der Waals surface area contributed by atoms with Gasteiger partial charge in [-0.05, 0) is 20.8 Å². The number of ether oxygens (including phenoxy) is 1. The van der Waals surface area contributed by atoms with Gasteiger partial charge in [-0.25, -0.2) is 0 Å². The summed E-state index contributed by atoms with van der Waals surface area (Å²) in [5, 5.41) is 3.06. The van der Waals surface area contributed by atoms with Gasteiger partial charge in [0.2, 0.25) is 5.91 Å². The standard InChI is InChI=1S/C11H22N2O3/c1-6-16-10(14)7-8(2)12-9(3)11(15)13(4)5/h8-9,12H,6-7H2,1-5H3. The van der Waals surface area contributed by atoms with Gasteiger partial charge < -0.3 is 15.0 Å². The van der Waals surface area contributed by atoms with E-state index in [1.165, 1.54) is 4.90 Å². The fourth-order valence-corrected chi connectivity index (χ4v) is 1.41. The minimum atomic E-state index is -0.292. The molecule has 0 fully saturated rings. The van der Waals surface area contributed by atoms with Crippen molar-refractivity contribution in [2.45, 2.75) is 39.3 Å². The van der Waals surface area contributed by atoms with Gasteiger partial charge in [0.1, 0.15) is 0 Å². The Bertz CT molecular complexity index is 241. The van der Waals surface area contributed by atoms with Crippen LogP contribution in [0, 0.1) is 0 Å². The SMILES string of the molecule is CCOC(=O)CC(C)NC(C)C(=O)N(C)C. The predicted molar refractivity (Wildman–Crippen MR) is 62.0 cm³/mol. The molecule has 0 radical (unpaired) electrons. The van der Waals surface area contributed by atoms with Gasteiger partial charge in [0.05, 0.1) is 19.1 Å². The van der Waals surface area contributed by atoms with Crippen LogP contribution in [0.2, 0.25) is 0 Å². The monoisotopic (exact) mass is 230 g/mol. The maximum absolute atomic E-state index is 11.5. The molecule has 5 heteroatoms. The Morgan fingerprint density at radius 1 is 1.31 bits per heavy atom. The number of likely N-dealkylation sites (N-methyl/N-ethyl adjacent to an activating group) is 1. The van der Waals surface area contributed by atoms with E-state index < -0.39 is 0 Å². The average molecular weight is 230 g/mol. The average Bonchev–Trinajstić information content (AvgIpc) is 2.16. The van der Waals surface area contributed by atoms with Crippen molar-refractivity contribution in [2.24, 2.45) is 0 Å². The maximum atomic E-state index is 11.5. The minimum Gasteiger partial charge on any atom is -0.466 e. The molecule has 94 valence electrons. The van der Waals surface area contributed by atoms with E-state index in [4.69, 9.17) is 4.74 Å². The molecule has 0 rings (SSSR count). The minimum absolute atomic E-state index is 0.00397. The Morgan fingerprint density at radius 2 is 1.88 bits per heavy atom. The highest BCUT2D eigenvalue weighted by Crippen LogP contribution is 1.98. The molecule has 0 aliphatic heterocycles. The summed E-state index contributed by atoms with van der Waals surface area (Å²) < 4.78 is 4.83. The summed E-state index contributed by atoms with van der Waals surface area (Å²) in [5.41, 5.74) is 0. The summed E-state index contributed by atoms with van der Waals surface area (Å²) in [4.78, 5) is 24.2. The molecule has 0 spiro atoms. The molecule has 0 aliphatic rings. The normalized spacial score (nSPS) is 14.1. The van der Waals surface area contributed by atoms with Crippen molar-refractivity contribution in [3.05, 3.63) is 0 Å². The van der Waals surface area contributed by atoms with Gasteiger partial charge in [-0.2, -0.15) is 0 Å². The van der Waals surface area contributed by atoms with E-state index in [0.717, 1.165) is 0 Å². The molecule has 16 heavy (non-hydrogen) atoms. The molecule has 1 amide bonds. The van der Waals surface area contributed by atoms with Crippen LogP contribution in [-0.2, 0) is 14.3 Å². The van der Waals surface area contributed by atoms with Gasteiger partial charge in [0.25, 0.3) is 0 Å². The van der Waals surface area contributed by atoms with Crippen LogP contribution in [0.4, 0.5) is 0 Å². The first-order valence-corrected chi connectivity index (χ1v) is 5.51. The molecule has 0 aromatic rings. The van der Waals surface area contributed by atoms with Gasteiger partial charge in [0, 0.05) is 20.1 Å². The molecule has 0 aromatic heterocycles. The lowest BCUT2D eigenvalue weighted by Crippen LogP contribution is -2.45. The fourth-order valence-electron chi connectivity index (χ4n) is 1.41. The van der Waals surface area contributed by atoms with Crippen molar-refractivity contribution in [1.29, 1.82) is 0 Å². The van der Waals surface area contributed by atoms with Crippen LogP contribution in [0.25, 0.3) is 0 Å². The van der Waals surface area contributed by atoms with Crippen molar-refractivity contribution in [1.82, 2.24) is 10.2 Å². The first-order chi connectivity index (χ1) is 7.38. The number of carbonyl (C=O) groups is 2. The first kappa shape index (κ1) is 14.9. The van der Waals surface area contributed by atoms with Gasteiger partial charge in [-0.3, -0.25) is 9.59 Å². The van der Waals surface area contributed by atoms with E-state index in [0.29, 0.717) is 6.61 Å². The van der Waals surface area contributed by atoms with Crippen LogP contribution in [0.15, 0.2) is 0 Å². The summed E-state index contributed by atoms with van der Waals surface area (Å²) in [7, 11) is 3.41. The summed E-state index contributed by atoms with van der Waals surface area (Å²) in [6.07, 6.45) is 0.277. The lowest BCUT2D eigenvalue weighted by atomic mass is 10.2. The second kappa shape index (κ2) is 7.22. The number of rotatable bonds is 6. The molecule has 2 unspecified atom stereocenters. The molecule has 0 aromatic carbocycles. The topological polar surface area (TPSA) is 58.6 Å². The Morgan fingerprint density at radius 3 is 2.31 bits per heavy atom. The lowest BCUT2D eigenvalue weighted by molar-refractivity contribution is -0.144. The second-order valence-corrected chi connectivity index (χ2v) is 4.03. The highest BCUT2D eigenvalue weighted by Gasteiger charge is 2.18. The van der Waals surface area contributed by atoms with Crippen molar-refractivity contribution in [3.63, 3.8) is 0 Å². The molecule has 0 bridgehead atoms. The zero-order valence-corrected chi connectivity index (χ0v) is 10.7. The van der Waals surface area contributed by atoms with E-state index in [9.17, 15) is 9.59 Å². The van der Waals surface area contributed by atoms with Crippen molar-refractivity contribution in [2.75, 3.05) is 20.7 Å². The molecule has 0 heterocycles. The lowest BCUT2D eigenvalue weighted by Gasteiger charge is -2.21. The summed E-state index contributed by atoms with van der Waals surface area (Å²) in [6, 6.07) is -0.364. The number of amides is 1. The Kier molecular flexibility index (Phi) is 6.72. The summed E-state index contributed by atoms with van der Waals surface area (Å²) >= 11 is 0. The van der Waals surface area contributed by atoms with Crippen molar-refractivity contribution < 1.29 is 14.3 Å². The highest BCUT2D eigenvalue weighted by atomic mass is 16.5. The molecule has 1 N–H and O–H groups in total. The Balaban J connectivity index is 3.99. The third-order valence-corrected chi connectivity index (χ3v) is 2.12. The van der Waals surface area contributed by atoms with Crippen LogP contribution in [0.1, 0.15) is 27.2 Å². The van der Waals surface area contributed by atoms with Crippen LogP contribution < -0.4 is 5.32 Å². The number of hydrogen-bond donors (Lipinski definition) is 1. The van der Waals surface area contributed by atoms with Crippen LogP contribution in [0.5, 0.6) is 0 Å². The zero-order valence-electron chi connectivity index (χ0n) is 10.7. The van der Waals surface area contributed by atoms with E-state index in [1.807, 2.05) is 6.92 Å². The van der Waals surface area contributed by atoms with Crippen LogP contribution >= 0.6 is 0 Å². The highest BCUT2D eigenvalue weighted by molar-refractivity contribution is 5.81. The van der Waals surface area contributed by atoms with Gasteiger partial charge in [0.15, 0.2) is 0 Å². The number of hydrogen-bond acceptors (Lipinski definition) is 4. The van der Waals surface area contributed by atoms with Crippen molar-refractivity contribution >= 4 is 11.9 Å². The van der Waals surface area contributed by atoms with E-state index in [1.54, 1.807) is 27.9 Å². The smallest absolute Gasteiger partial charge is 0.307 e. The summed E-state index contributed by atoms with van der Waals surface area (Å²) in [5.74, 6) is -0.247. The number of esters is 1. The molecule has 0 aliphatic carbocycles. The Labute approximate surface area is 97.1 Å². The number of nitrogens with one attached hydrogen (secondary N) is 1. The molecule has 2 atom stereocenters. The van der Waals surface area contributed by atoms with Crippen LogP contribution in [0.3, 0.4) is 0 Å². The Hall–Kier alpha value is -1.10. The largest absolute Gasteiger partial charge is 0.466 e. The first-order valence-electron chi connectivity index (χ1n) is 5.51. The maximum Gasteiger partial charge on any atom is 0.307 e. The third-order valence-electron chi connectivity index (χ3n) is 2.12. The van der Waals surface area contributed by atoms with Crippen LogP contribution in [-0.4, -0.2) is 49.6 Å². The van der Waals surface area contributed by atoms with E-state index >= 15 is 0 Å². The molecule has 0 saturated carbocycles. The summed E-state index contributed by atoms with van der Waals surface area (Å²) in [6.45, 7) is 5.80. The second-order valence-electron chi connectivity index (χ2n) is 4.03. The molecule has 5 nitrogen and oxygen atoms in total. The van der Waals surface area contributed by atoms with E-state index in [2.05, 4.69) is 5.32 Å². The zero-order chi connectivity index (χ0) is 12.7. The van der Waals surface area contributed by atoms with Crippen molar-refractivity contribution in [3.8, 4) is 0 Å². The number of nitrogens with zero attached hydrogens (tertiary/aromatic N) is 1. The number of carbonyl (C=O) groups excluding carboxylic acids is 2. The molecular weight excluding hydrogens is 208 g/mol. The molecular formula is C11H22N2O3. The van der Waals surface area contributed by atoms with Gasteiger partial charge in [-0.15, -0.1) is 0 Å². The molecule has 0 saturated heterocycles. The third kappa shape index (κ3) is 5.70.